The van der Waals surface area contributed by atoms with E-state index >= 15 is 0 Å². The van der Waals surface area contributed by atoms with E-state index in [1.165, 1.54) is 11.1 Å². The standard InChI is InChI=1S/C18H30N2O/c1-5-12-21-17-7-6-16(18(2,3)4)13-15(17)14-20-10-8-19-9-11-20/h6-7,13,19H,5,8-12,14H2,1-4H3. The molecule has 0 unspecified atom stereocenters. The lowest BCUT2D eigenvalue weighted by atomic mass is 9.86. The third kappa shape index (κ3) is 4.72. The second kappa shape index (κ2) is 7.28. The zero-order valence-electron chi connectivity index (χ0n) is 14.0. The fourth-order valence-electron chi connectivity index (χ4n) is 2.63. The van der Waals surface area contributed by atoms with Crippen LogP contribution in [0.1, 0.15) is 45.2 Å². The van der Waals surface area contributed by atoms with Crippen LogP contribution in [0.5, 0.6) is 5.75 Å². The van der Waals surface area contributed by atoms with Gasteiger partial charge in [0.05, 0.1) is 6.61 Å². The summed E-state index contributed by atoms with van der Waals surface area (Å²) in [6.45, 7) is 15.2. The van der Waals surface area contributed by atoms with Crippen LogP contribution in [0.3, 0.4) is 0 Å². The van der Waals surface area contributed by atoms with E-state index in [4.69, 9.17) is 4.74 Å². The molecule has 1 aliphatic heterocycles. The molecule has 1 N–H and O–H groups in total. The normalized spacial score (nSPS) is 17.0. The van der Waals surface area contributed by atoms with Gasteiger partial charge >= 0.3 is 0 Å². The third-order valence-electron chi connectivity index (χ3n) is 3.99. The van der Waals surface area contributed by atoms with E-state index in [0.717, 1.165) is 51.5 Å². The summed E-state index contributed by atoms with van der Waals surface area (Å²) >= 11 is 0. The second-order valence-corrected chi connectivity index (χ2v) is 6.95. The number of benzene rings is 1. The zero-order valence-corrected chi connectivity index (χ0v) is 14.0. The van der Waals surface area contributed by atoms with Gasteiger partial charge in [-0.25, -0.2) is 0 Å². The number of nitrogens with one attached hydrogen (secondary N) is 1. The fourth-order valence-corrected chi connectivity index (χ4v) is 2.63. The SMILES string of the molecule is CCCOc1ccc(C(C)(C)C)cc1CN1CCNCC1. The average Bonchev–Trinajstić information content (AvgIpc) is 2.46. The van der Waals surface area contributed by atoms with Crippen molar-refractivity contribution in [2.75, 3.05) is 32.8 Å². The maximum Gasteiger partial charge on any atom is 0.123 e. The maximum atomic E-state index is 5.95. The second-order valence-electron chi connectivity index (χ2n) is 6.95. The highest BCUT2D eigenvalue weighted by Crippen LogP contribution is 2.29. The van der Waals surface area contributed by atoms with Gasteiger partial charge in [0.2, 0.25) is 0 Å². The van der Waals surface area contributed by atoms with Crippen LogP contribution in [0.2, 0.25) is 0 Å². The summed E-state index contributed by atoms with van der Waals surface area (Å²) in [4.78, 5) is 2.51. The van der Waals surface area contributed by atoms with Crippen molar-refractivity contribution in [1.29, 1.82) is 0 Å². The van der Waals surface area contributed by atoms with E-state index in [1.54, 1.807) is 0 Å². The molecule has 2 rings (SSSR count). The topological polar surface area (TPSA) is 24.5 Å². The van der Waals surface area contributed by atoms with Gasteiger partial charge in [-0.1, -0.05) is 39.8 Å². The van der Waals surface area contributed by atoms with E-state index in [1.807, 2.05) is 0 Å². The highest BCUT2D eigenvalue weighted by Gasteiger charge is 2.18. The summed E-state index contributed by atoms with van der Waals surface area (Å²) in [5.74, 6) is 1.06. The Morgan fingerprint density at radius 2 is 1.90 bits per heavy atom. The maximum absolute atomic E-state index is 5.95. The minimum absolute atomic E-state index is 0.182. The molecular weight excluding hydrogens is 260 g/mol. The van der Waals surface area contributed by atoms with Crippen LogP contribution in [0.15, 0.2) is 18.2 Å². The molecule has 3 heteroatoms. The number of hydrogen-bond acceptors (Lipinski definition) is 3. The van der Waals surface area contributed by atoms with E-state index in [-0.39, 0.29) is 5.41 Å². The van der Waals surface area contributed by atoms with Gasteiger partial charge in [-0.3, -0.25) is 4.90 Å². The molecule has 0 aromatic heterocycles. The number of hydrogen-bond donors (Lipinski definition) is 1. The lowest BCUT2D eigenvalue weighted by Gasteiger charge is -2.29. The van der Waals surface area contributed by atoms with Gasteiger partial charge in [0.15, 0.2) is 0 Å². The molecule has 0 bridgehead atoms. The summed E-state index contributed by atoms with van der Waals surface area (Å²) in [5.41, 5.74) is 2.90. The Labute approximate surface area is 129 Å². The monoisotopic (exact) mass is 290 g/mol. The first kappa shape index (κ1) is 16.3. The quantitative estimate of drug-likeness (QED) is 0.901. The Hall–Kier alpha value is -1.06. The average molecular weight is 290 g/mol. The lowest BCUT2D eigenvalue weighted by molar-refractivity contribution is 0.227. The van der Waals surface area contributed by atoms with Crippen LogP contribution in [-0.2, 0) is 12.0 Å². The molecule has 21 heavy (non-hydrogen) atoms. The Bertz CT molecular complexity index is 445. The summed E-state index contributed by atoms with van der Waals surface area (Å²) in [7, 11) is 0. The van der Waals surface area contributed by atoms with Gasteiger partial charge in [-0.15, -0.1) is 0 Å². The van der Waals surface area contributed by atoms with Gasteiger partial charge in [0, 0.05) is 38.3 Å². The van der Waals surface area contributed by atoms with Crippen molar-refractivity contribution in [3.63, 3.8) is 0 Å². The predicted molar refractivity (Wildman–Crippen MR) is 89.1 cm³/mol. The van der Waals surface area contributed by atoms with E-state index in [9.17, 15) is 0 Å². The molecule has 0 radical (unpaired) electrons. The Morgan fingerprint density at radius 1 is 1.19 bits per heavy atom. The van der Waals surface area contributed by atoms with Gasteiger partial charge in [0.1, 0.15) is 5.75 Å². The zero-order chi connectivity index (χ0) is 15.3. The van der Waals surface area contributed by atoms with Crippen molar-refractivity contribution >= 4 is 0 Å². The van der Waals surface area contributed by atoms with Gasteiger partial charge in [-0.05, 0) is 23.5 Å². The molecule has 118 valence electrons. The van der Waals surface area contributed by atoms with Crippen molar-refractivity contribution < 1.29 is 4.74 Å². The van der Waals surface area contributed by atoms with Crippen molar-refractivity contribution in [1.82, 2.24) is 10.2 Å². The van der Waals surface area contributed by atoms with Crippen molar-refractivity contribution in [2.24, 2.45) is 0 Å². The smallest absolute Gasteiger partial charge is 0.123 e. The molecule has 0 spiro atoms. The van der Waals surface area contributed by atoms with Gasteiger partial charge in [-0.2, -0.15) is 0 Å². The molecule has 1 fully saturated rings. The first-order chi connectivity index (χ1) is 10.0. The number of rotatable bonds is 5. The summed E-state index contributed by atoms with van der Waals surface area (Å²) in [6, 6.07) is 6.72. The molecule has 1 aliphatic rings. The number of ether oxygens (including phenoxy) is 1. The third-order valence-corrected chi connectivity index (χ3v) is 3.99. The largest absolute Gasteiger partial charge is 0.493 e. The van der Waals surface area contributed by atoms with E-state index in [2.05, 4.69) is 56.1 Å². The van der Waals surface area contributed by atoms with Crippen LogP contribution >= 0.6 is 0 Å². The molecular formula is C18H30N2O. The Morgan fingerprint density at radius 3 is 2.52 bits per heavy atom. The summed E-state index contributed by atoms with van der Waals surface area (Å²) in [6.07, 6.45) is 1.05. The molecule has 1 aromatic carbocycles. The van der Waals surface area contributed by atoms with Crippen LogP contribution < -0.4 is 10.1 Å². The van der Waals surface area contributed by atoms with E-state index < -0.39 is 0 Å². The highest BCUT2D eigenvalue weighted by molar-refractivity contribution is 5.39. The van der Waals surface area contributed by atoms with E-state index in [0.29, 0.717) is 0 Å². The molecule has 0 atom stereocenters. The fraction of sp³-hybridized carbons (Fsp3) is 0.667. The van der Waals surface area contributed by atoms with Crippen LogP contribution in [0, 0.1) is 0 Å². The number of nitrogens with zero attached hydrogens (tertiary/aromatic N) is 1. The molecule has 1 saturated heterocycles. The Balaban J connectivity index is 2.19. The summed E-state index contributed by atoms with van der Waals surface area (Å²) < 4.78 is 5.95. The van der Waals surface area contributed by atoms with Crippen molar-refractivity contribution in [3.8, 4) is 5.75 Å². The minimum atomic E-state index is 0.182. The van der Waals surface area contributed by atoms with Gasteiger partial charge < -0.3 is 10.1 Å². The molecule has 1 heterocycles. The molecule has 0 saturated carbocycles. The van der Waals surface area contributed by atoms with Crippen LogP contribution in [0.4, 0.5) is 0 Å². The molecule has 3 nitrogen and oxygen atoms in total. The first-order valence-electron chi connectivity index (χ1n) is 8.20. The predicted octanol–water partition coefficient (Wildman–Crippen LogP) is 3.18. The summed E-state index contributed by atoms with van der Waals surface area (Å²) in [5, 5.41) is 3.41. The minimum Gasteiger partial charge on any atom is -0.493 e. The molecule has 1 aromatic rings. The number of piperazine rings is 1. The van der Waals surface area contributed by atoms with Crippen molar-refractivity contribution in [3.05, 3.63) is 29.3 Å². The Kier molecular flexibility index (Phi) is 5.65. The van der Waals surface area contributed by atoms with Crippen molar-refractivity contribution in [2.45, 2.75) is 46.1 Å². The first-order valence-corrected chi connectivity index (χ1v) is 8.20. The lowest BCUT2D eigenvalue weighted by Crippen LogP contribution is -2.43. The van der Waals surface area contributed by atoms with Gasteiger partial charge in [0.25, 0.3) is 0 Å². The van der Waals surface area contributed by atoms with Crippen LogP contribution in [0.25, 0.3) is 0 Å². The highest BCUT2D eigenvalue weighted by atomic mass is 16.5. The molecule has 0 aliphatic carbocycles. The molecule has 0 amide bonds. The van der Waals surface area contributed by atoms with Crippen LogP contribution in [-0.4, -0.2) is 37.7 Å².